The van der Waals surface area contributed by atoms with Gasteiger partial charge < -0.3 is 5.11 Å². The van der Waals surface area contributed by atoms with E-state index in [4.69, 9.17) is 5.11 Å². The van der Waals surface area contributed by atoms with E-state index in [1.165, 1.54) is 0 Å². The lowest BCUT2D eigenvalue weighted by atomic mass is 9.95. The van der Waals surface area contributed by atoms with Gasteiger partial charge in [-0.05, 0) is 30.9 Å². The molecule has 1 saturated carbocycles. The van der Waals surface area contributed by atoms with Crippen LogP contribution in [0.5, 0.6) is 0 Å². The zero-order chi connectivity index (χ0) is 9.97. The number of nitrogens with zero attached hydrogens (tertiary/aromatic N) is 1. The largest absolute Gasteiger partial charge is 0.481 e. The maximum Gasteiger partial charge on any atom is 0.304 e. The minimum absolute atomic E-state index is 0.119. The fourth-order valence-electron chi connectivity index (χ4n) is 1.79. The van der Waals surface area contributed by atoms with Crippen molar-refractivity contribution in [1.82, 2.24) is 4.98 Å². The molecule has 0 bridgehead atoms. The summed E-state index contributed by atoms with van der Waals surface area (Å²) in [4.78, 5) is 14.9. The first kappa shape index (κ1) is 9.19. The van der Waals surface area contributed by atoms with E-state index < -0.39 is 5.97 Å². The summed E-state index contributed by atoms with van der Waals surface area (Å²) in [5.74, 6) is -0.0674. The number of carboxylic acid groups (broad SMARTS) is 1. The molecule has 1 aromatic heterocycles. The number of hydrogen-bond acceptors (Lipinski definition) is 2. The first-order chi connectivity index (χ1) is 6.77. The average molecular weight is 191 g/mol. The molecule has 1 aliphatic rings. The SMILES string of the molecule is O=C(O)CC(c1ccccn1)C1CC1. The lowest BCUT2D eigenvalue weighted by Gasteiger charge is -2.12. The number of aliphatic carboxylic acids is 1. The van der Waals surface area contributed by atoms with Gasteiger partial charge in [0, 0.05) is 17.8 Å². The minimum atomic E-state index is -0.729. The van der Waals surface area contributed by atoms with E-state index in [2.05, 4.69) is 4.98 Å². The standard InChI is InChI=1S/C11H13NO2/c13-11(14)7-9(8-4-5-8)10-3-1-2-6-12-10/h1-3,6,8-9H,4-5,7H2,(H,13,14). The van der Waals surface area contributed by atoms with Crippen molar-refractivity contribution in [2.75, 3.05) is 0 Å². The molecule has 0 aromatic carbocycles. The Morgan fingerprint density at radius 3 is 2.86 bits per heavy atom. The third-order valence-electron chi connectivity index (χ3n) is 2.65. The number of hydrogen-bond donors (Lipinski definition) is 1. The fourth-order valence-corrected chi connectivity index (χ4v) is 1.79. The van der Waals surface area contributed by atoms with E-state index in [-0.39, 0.29) is 12.3 Å². The summed E-state index contributed by atoms with van der Waals surface area (Å²) in [6, 6.07) is 5.69. The van der Waals surface area contributed by atoms with Gasteiger partial charge in [0.05, 0.1) is 6.42 Å². The number of carboxylic acids is 1. The van der Waals surface area contributed by atoms with Gasteiger partial charge in [-0.2, -0.15) is 0 Å². The monoisotopic (exact) mass is 191 g/mol. The highest BCUT2D eigenvalue weighted by atomic mass is 16.4. The molecule has 3 nitrogen and oxygen atoms in total. The van der Waals surface area contributed by atoms with Gasteiger partial charge in [-0.1, -0.05) is 6.07 Å². The topological polar surface area (TPSA) is 50.2 Å². The lowest BCUT2D eigenvalue weighted by molar-refractivity contribution is -0.137. The number of pyridine rings is 1. The summed E-state index contributed by atoms with van der Waals surface area (Å²) in [5.41, 5.74) is 0.928. The summed E-state index contributed by atoms with van der Waals surface area (Å²) in [5, 5.41) is 8.79. The van der Waals surface area contributed by atoms with E-state index in [0.29, 0.717) is 5.92 Å². The van der Waals surface area contributed by atoms with Gasteiger partial charge >= 0.3 is 5.97 Å². The molecule has 1 unspecified atom stereocenters. The molecule has 0 spiro atoms. The second kappa shape index (κ2) is 3.78. The van der Waals surface area contributed by atoms with Crippen LogP contribution in [0.4, 0.5) is 0 Å². The van der Waals surface area contributed by atoms with Crippen LogP contribution in [-0.4, -0.2) is 16.1 Å². The normalized spacial score (nSPS) is 17.7. The zero-order valence-corrected chi connectivity index (χ0v) is 7.89. The highest BCUT2D eigenvalue weighted by molar-refractivity contribution is 5.68. The van der Waals surface area contributed by atoms with E-state index in [0.717, 1.165) is 18.5 Å². The van der Waals surface area contributed by atoms with E-state index in [1.54, 1.807) is 6.20 Å². The Balaban J connectivity index is 2.14. The third kappa shape index (κ3) is 2.10. The van der Waals surface area contributed by atoms with Crippen LogP contribution in [0.2, 0.25) is 0 Å². The molecule has 0 saturated heterocycles. The fraction of sp³-hybridized carbons (Fsp3) is 0.455. The highest BCUT2D eigenvalue weighted by Crippen LogP contribution is 2.43. The van der Waals surface area contributed by atoms with Crippen LogP contribution in [-0.2, 0) is 4.79 Å². The molecule has 1 heterocycles. The number of rotatable bonds is 4. The Morgan fingerprint density at radius 1 is 1.57 bits per heavy atom. The van der Waals surface area contributed by atoms with Crippen LogP contribution in [0, 0.1) is 5.92 Å². The van der Waals surface area contributed by atoms with Gasteiger partial charge in [0.25, 0.3) is 0 Å². The van der Waals surface area contributed by atoms with Crippen molar-refractivity contribution in [3.63, 3.8) is 0 Å². The lowest BCUT2D eigenvalue weighted by Crippen LogP contribution is -2.09. The molecule has 3 heteroatoms. The van der Waals surface area contributed by atoms with Crippen molar-refractivity contribution in [3.05, 3.63) is 30.1 Å². The second-order valence-corrected chi connectivity index (χ2v) is 3.80. The molecule has 0 aliphatic heterocycles. The summed E-state index contributed by atoms with van der Waals surface area (Å²) in [7, 11) is 0. The molecule has 74 valence electrons. The van der Waals surface area contributed by atoms with Crippen LogP contribution in [0.25, 0.3) is 0 Å². The van der Waals surface area contributed by atoms with E-state index >= 15 is 0 Å². The zero-order valence-electron chi connectivity index (χ0n) is 7.89. The van der Waals surface area contributed by atoms with Crippen LogP contribution < -0.4 is 0 Å². The maximum absolute atomic E-state index is 10.7. The van der Waals surface area contributed by atoms with Crippen LogP contribution >= 0.6 is 0 Å². The molecule has 1 fully saturated rings. The Labute approximate surface area is 82.8 Å². The number of carbonyl (C=O) groups is 1. The molecular formula is C11H13NO2. The Bertz CT molecular complexity index is 319. The summed E-state index contributed by atoms with van der Waals surface area (Å²) in [6.07, 6.45) is 4.23. The van der Waals surface area contributed by atoms with Gasteiger partial charge in [0.1, 0.15) is 0 Å². The summed E-state index contributed by atoms with van der Waals surface area (Å²) in [6.45, 7) is 0. The molecular weight excluding hydrogens is 178 g/mol. The Hall–Kier alpha value is -1.38. The summed E-state index contributed by atoms with van der Waals surface area (Å²) >= 11 is 0. The van der Waals surface area contributed by atoms with Gasteiger partial charge in [-0.15, -0.1) is 0 Å². The summed E-state index contributed by atoms with van der Waals surface area (Å²) < 4.78 is 0. The van der Waals surface area contributed by atoms with Gasteiger partial charge in [0.15, 0.2) is 0 Å². The van der Waals surface area contributed by atoms with E-state index in [9.17, 15) is 4.79 Å². The predicted molar refractivity (Wildman–Crippen MR) is 52.0 cm³/mol. The molecule has 2 rings (SSSR count). The molecule has 0 radical (unpaired) electrons. The van der Waals surface area contributed by atoms with Crippen molar-refractivity contribution in [2.45, 2.75) is 25.2 Å². The third-order valence-corrected chi connectivity index (χ3v) is 2.65. The van der Waals surface area contributed by atoms with Crippen molar-refractivity contribution < 1.29 is 9.90 Å². The van der Waals surface area contributed by atoms with Crippen molar-refractivity contribution >= 4 is 5.97 Å². The Morgan fingerprint density at radius 2 is 2.36 bits per heavy atom. The quantitative estimate of drug-likeness (QED) is 0.792. The molecule has 14 heavy (non-hydrogen) atoms. The highest BCUT2D eigenvalue weighted by Gasteiger charge is 2.34. The van der Waals surface area contributed by atoms with Gasteiger partial charge in [-0.3, -0.25) is 9.78 Å². The van der Waals surface area contributed by atoms with Crippen LogP contribution in [0.15, 0.2) is 24.4 Å². The van der Waals surface area contributed by atoms with Crippen molar-refractivity contribution in [2.24, 2.45) is 5.92 Å². The van der Waals surface area contributed by atoms with Crippen LogP contribution in [0.1, 0.15) is 30.9 Å². The number of aromatic nitrogens is 1. The van der Waals surface area contributed by atoms with E-state index in [1.807, 2.05) is 18.2 Å². The average Bonchev–Trinajstić information content (AvgIpc) is 2.99. The molecule has 1 N–H and O–H groups in total. The van der Waals surface area contributed by atoms with Gasteiger partial charge in [-0.25, -0.2) is 0 Å². The molecule has 0 amide bonds. The van der Waals surface area contributed by atoms with Crippen molar-refractivity contribution in [3.8, 4) is 0 Å². The van der Waals surface area contributed by atoms with Gasteiger partial charge in [0.2, 0.25) is 0 Å². The predicted octanol–water partition coefficient (Wildman–Crippen LogP) is 2.05. The molecule has 1 aromatic rings. The molecule has 1 aliphatic carbocycles. The van der Waals surface area contributed by atoms with Crippen molar-refractivity contribution in [1.29, 1.82) is 0 Å². The Kier molecular flexibility index (Phi) is 2.48. The minimum Gasteiger partial charge on any atom is -0.481 e. The maximum atomic E-state index is 10.7. The molecule has 1 atom stereocenters. The first-order valence-corrected chi connectivity index (χ1v) is 4.90. The van der Waals surface area contributed by atoms with Crippen LogP contribution in [0.3, 0.4) is 0 Å². The smallest absolute Gasteiger partial charge is 0.304 e. The second-order valence-electron chi connectivity index (χ2n) is 3.80. The first-order valence-electron chi connectivity index (χ1n) is 4.90.